The lowest BCUT2D eigenvalue weighted by molar-refractivity contribution is -0.147. The smallest absolute Gasteiger partial charge is 0.309 e. The van der Waals surface area contributed by atoms with Crippen molar-refractivity contribution in [3.8, 4) is 17.2 Å². The molecule has 0 unspecified atom stereocenters. The van der Waals surface area contributed by atoms with Crippen molar-refractivity contribution in [2.24, 2.45) is 0 Å². The summed E-state index contributed by atoms with van der Waals surface area (Å²) in [5.74, 6) is 1.15. The van der Waals surface area contributed by atoms with E-state index < -0.39 is 11.9 Å². The number of rotatable bonds is 10. The van der Waals surface area contributed by atoms with E-state index >= 15 is 0 Å². The molecule has 27 heavy (non-hydrogen) atoms. The maximum atomic E-state index is 11.8. The molecule has 0 bridgehead atoms. The SMILES string of the molecule is CCOc1ccc(OCCC(=O)OCC(=O)Nc2ccc(OC)cc2)cc1. The van der Waals surface area contributed by atoms with Crippen molar-refractivity contribution in [1.82, 2.24) is 0 Å². The Labute approximate surface area is 158 Å². The van der Waals surface area contributed by atoms with Gasteiger partial charge in [0.15, 0.2) is 6.61 Å². The summed E-state index contributed by atoms with van der Waals surface area (Å²) >= 11 is 0. The predicted molar refractivity (Wildman–Crippen MR) is 100 cm³/mol. The molecule has 0 aliphatic rings. The zero-order valence-corrected chi connectivity index (χ0v) is 15.4. The first-order chi connectivity index (χ1) is 13.1. The third-order valence-electron chi connectivity index (χ3n) is 3.45. The van der Waals surface area contributed by atoms with Gasteiger partial charge in [0.25, 0.3) is 5.91 Å². The normalized spacial score (nSPS) is 10.0. The molecule has 0 radical (unpaired) electrons. The highest BCUT2D eigenvalue weighted by molar-refractivity contribution is 5.92. The van der Waals surface area contributed by atoms with Crippen molar-refractivity contribution >= 4 is 17.6 Å². The molecule has 2 rings (SSSR count). The summed E-state index contributed by atoms with van der Waals surface area (Å²) < 4.78 is 20.8. The lowest BCUT2D eigenvalue weighted by Gasteiger charge is -2.09. The van der Waals surface area contributed by atoms with E-state index in [1.54, 1.807) is 55.6 Å². The van der Waals surface area contributed by atoms with E-state index in [4.69, 9.17) is 18.9 Å². The number of hydrogen-bond acceptors (Lipinski definition) is 6. The van der Waals surface area contributed by atoms with E-state index in [9.17, 15) is 9.59 Å². The molecule has 7 heteroatoms. The van der Waals surface area contributed by atoms with Gasteiger partial charge in [0.2, 0.25) is 0 Å². The van der Waals surface area contributed by atoms with Crippen molar-refractivity contribution in [3.63, 3.8) is 0 Å². The second-order valence-electron chi connectivity index (χ2n) is 5.44. The molecule has 0 heterocycles. The third kappa shape index (κ3) is 7.27. The maximum Gasteiger partial charge on any atom is 0.309 e. The molecule has 2 aromatic carbocycles. The Morgan fingerprint density at radius 1 is 0.889 bits per heavy atom. The lowest BCUT2D eigenvalue weighted by Crippen LogP contribution is -2.21. The second kappa shape index (κ2) is 10.7. The van der Waals surface area contributed by atoms with Crippen LogP contribution in [0.25, 0.3) is 0 Å². The van der Waals surface area contributed by atoms with Gasteiger partial charge in [0, 0.05) is 5.69 Å². The summed E-state index contributed by atoms with van der Waals surface area (Å²) in [6, 6.07) is 13.9. The van der Waals surface area contributed by atoms with Gasteiger partial charge in [-0.15, -0.1) is 0 Å². The van der Waals surface area contributed by atoms with Crippen molar-refractivity contribution < 1.29 is 28.5 Å². The molecule has 0 atom stereocenters. The molecule has 144 valence electrons. The molecule has 0 saturated carbocycles. The number of benzene rings is 2. The van der Waals surface area contributed by atoms with E-state index in [2.05, 4.69) is 5.32 Å². The molecule has 1 amide bonds. The van der Waals surface area contributed by atoms with Crippen molar-refractivity contribution in [2.75, 3.05) is 32.2 Å². The summed E-state index contributed by atoms with van der Waals surface area (Å²) in [4.78, 5) is 23.5. The fourth-order valence-corrected chi connectivity index (χ4v) is 2.14. The van der Waals surface area contributed by atoms with Crippen LogP contribution in [-0.4, -0.2) is 38.8 Å². The zero-order valence-electron chi connectivity index (χ0n) is 15.4. The summed E-state index contributed by atoms with van der Waals surface area (Å²) in [6.45, 7) is 2.31. The molecule has 0 spiro atoms. The van der Waals surface area contributed by atoms with Gasteiger partial charge < -0.3 is 24.3 Å². The fourth-order valence-electron chi connectivity index (χ4n) is 2.14. The number of anilines is 1. The molecule has 0 aromatic heterocycles. The van der Waals surface area contributed by atoms with Gasteiger partial charge in [-0.2, -0.15) is 0 Å². The average Bonchev–Trinajstić information content (AvgIpc) is 2.68. The topological polar surface area (TPSA) is 83.1 Å². The highest BCUT2D eigenvalue weighted by atomic mass is 16.5. The van der Waals surface area contributed by atoms with Crippen LogP contribution < -0.4 is 19.5 Å². The number of esters is 1. The van der Waals surface area contributed by atoms with E-state index in [0.717, 1.165) is 5.75 Å². The van der Waals surface area contributed by atoms with Crippen LogP contribution in [-0.2, 0) is 14.3 Å². The Hall–Kier alpha value is -3.22. The van der Waals surface area contributed by atoms with Crippen LogP contribution in [0.1, 0.15) is 13.3 Å². The second-order valence-corrected chi connectivity index (χ2v) is 5.44. The average molecular weight is 373 g/mol. The van der Waals surface area contributed by atoms with Crippen LogP contribution in [0.3, 0.4) is 0 Å². The Bertz CT molecular complexity index is 727. The number of carbonyl (C=O) groups excluding carboxylic acids is 2. The van der Waals surface area contributed by atoms with Gasteiger partial charge in [-0.25, -0.2) is 0 Å². The molecular formula is C20H23NO6. The van der Waals surface area contributed by atoms with E-state index in [0.29, 0.717) is 23.8 Å². The van der Waals surface area contributed by atoms with E-state index in [1.807, 2.05) is 6.92 Å². The largest absolute Gasteiger partial charge is 0.497 e. The predicted octanol–water partition coefficient (Wildman–Crippen LogP) is 3.04. The molecule has 0 aliphatic heterocycles. The van der Waals surface area contributed by atoms with Crippen molar-refractivity contribution in [2.45, 2.75) is 13.3 Å². The summed E-state index contributed by atoms with van der Waals surface area (Å²) in [6.07, 6.45) is 0.0447. The standard InChI is InChI=1S/C20H23NO6/c1-3-25-17-8-10-18(11-9-17)26-13-12-20(23)27-14-19(22)21-15-4-6-16(24-2)7-5-15/h4-11H,3,12-14H2,1-2H3,(H,21,22). The molecule has 7 nitrogen and oxygen atoms in total. The number of carbonyl (C=O) groups is 2. The third-order valence-corrected chi connectivity index (χ3v) is 3.45. The Morgan fingerprint density at radius 3 is 2.07 bits per heavy atom. The minimum atomic E-state index is -0.509. The number of hydrogen-bond donors (Lipinski definition) is 1. The highest BCUT2D eigenvalue weighted by Gasteiger charge is 2.08. The van der Waals surface area contributed by atoms with Crippen LogP contribution in [0.4, 0.5) is 5.69 Å². The molecule has 0 aliphatic carbocycles. The van der Waals surface area contributed by atoms with E-state index in [-0.39, 0.29) is 19.6 Å². The molecular weight excluding hydrogens is 350 g/mol. The van der Waals surface area contributed by atoms with Crippen LogP contribution in [0.15, 0.2) is 48.5 Å². The summed E-state index contributed by atoms with van der Waals surface area (Å²) in [7, 11) is 1.56. The highest BCUT2D eigenvalue weighted by Crippen LogP contribution is 2.17. The minimum absolute atomic E-state index is 0.0447. The minimum Gasteiger partial charge on any atom is -0.497 e. The van der Waals surface area contributed by atoms with Gasteiger partial charge >= 0.3 is 5.97 Å². The quantitative estimate of drug-likeness (QED) is 0.645. The van der Waals surface area contributed by atoms with Gasteiger partial charge in [0.05, 0.1) is 26.7 Å². The van der Waals surface area contributed by atoms with Crippen molar-refractivity contribution in [1.29, 1.82) is 0 Å². The number of methoxy groups -OCH3 is 1. The Balaban J connectivity index is 1.64. The van der Waals surface area contributed by atoms with Gasteiger partial charge in [-0.3, -0.25) is 9.59 Å². The fraction of sp³-hybridized carbons (Fsp3) is 0.300. The summed E-state index contributed by atoms with van der Waals surface area (Å²) in [5.41, 5.74) is 0.593. The van der Waals surface area contributed by atoms with Gasteiger partial charge in [-0.05, 0) is 55.5 Å². The van der Waals surface area contributed by atoms with Gasteiger partial charge in [-0.1, -0.05) is 0 Å². The van der Waals surface area contributed by atoms with Crippen LogP contribution in [0.2, 0.25) is 0 Å². The molecule has 0 fully saturated rings. The van der Waals surface area contributed by atoms with Gasteiger partial charge in [0.1, 0.15) is 17.2 Å². The molecule has 1 N–H and O–H groups in total. The van der Waals surface area contributed by atoms with Crippen LogP contribution in [0.5, 0.6) is 17.2 Å². The first-order valence-electron chi connectivity index (χ1n) is 8.56. The van der Waals surface area contributed by atoms with Crippen LogP contribution in [0, 0.1) is 0 Å². The van der Waals surface area contributed by atoms with E-state index in [1.165, 1.54) is 0 Å². The summed E-state index contributed by atoms with van der Waals surface area (Å²) in [5, 5.41) is 2.63. The number of ether oxygens (including phenoxy) is 4. The maximum absolute atomic E-state index is 11.8. The lowest BCUT2D eigenvalue weighted by atomic mass is 10.3. The zero-order chi connectivity index (χ0) is 19.5. The number of amides is 1. The molecule has 0 saturated heterocycles. The first kappa shape index (κ1) is 20.1. The monoisotopic (exact) mass is 373 g/mol. The first-order valence-corrected chi connectivity index (χ1v) is 8.56. The Kier molecular flexibility index (Phi) is 7.96. The van der Waals surface area contributed by atoms with Crippen molar-refractivity contribution in [3.05, 3.63) is 48.5 Å². The Morgan fingerprint density at radius 2 is 1.48 bits per heavy atom. The number of nitrogens with one attached hydrogen (secondary N) is 1. The molecule has 2 aromatic rings. The van der Waals surface area contributed by atoms with Crippen LogP contribution >= 0.6 is 0 Å².